The fraction of sp³-hybridized carbons (Fsp3) is 0.214. The van der Waals surface area contributed by atoms with Gasteiger partial charge in [0.2, 0.25) is 11.2 Å². The molecule has 0 amide bonds. The van der Waals surface area contributed by atoms with Gasteiger partial charge in [-0.3, -0.25) is 9.69 Å². The van der Waals surface area contributed by atoms with Crippen LogP contribution in [0, 0.1) is 0 Å². The average molecular weight is 488 g/mol. The van der Waals surface area contributed by atoms with Crippen LogP contribution in [0.1, 0.15) is 21.5 Å². The summed E-state index contributed by atoms with van der Waals surface area (Å²) in [5.74, 6) is 1.55. The van der Waals surface area contributed by atoms with E-state index in [1.165, 1.54) is 18.9 Å². The van der Waals surface area contributed by atoms with Crippen LogP contribution in [0.5, 0.6) is 23.0 Å². The van der Waals surface area contributed by atoms with Crippen molar-refractivity contribution in [2.75, 3.05) is 27.5 Å². The van der Waals surface area contributed by atoms with Crippen LogP contribution in [0.15, 0.2) is 76.1 Å². The molecule has 0 saturated carbocycles. The van der Waals surface area contributed by atoms with E-state index in [9.17, 15) is 9.59 Å². The van der Waals surface area contributed by atoms with Crippen LogP contribution in [-0.4, -0.2) is 38.4 Å². The maximum atomic E-state index is 13.2. The molecule has 3 aromatic carbocycles. The van der Waals surface area contributed by atoms with Crippen molar-refractivity contribution in [3.05, 3.63) is 93.8 Å². The van der Waals surface area contributed by atoms with E-state index in [1.54, 1.807) is 43.5 Å². The minimum absolute atomic E-state index is 0.0568. The third kappa shape index (κ3) is 4.76. The second-order valence-corrected chi connectivity index (χ2v) is 8.39. The highest BCUT2D eigenvalue weighted by molar-refractivity contribution is 5.89. The van der Waals surface area contributed by atoms with Crippen LogP contribution in [0.25, 0.3) is 11.0 Å². The number of rotatable bonds is 7. The topological polar surface area (TPSA) is 87.4 Å². The number of carbonyl (C=O) groups excluding carboxylic acids is 1. The molecule has 0 saturated heterocycles. The zero-order chi connectivity index (χ0) is 25.1. The normalized spacial score (nSPS) is 13.1. The summed E-state index contributed by atoms with van der Waals surface area (Å²) in [6.45, 7) is 1.85. The van der Waals surface area contributed by atoms with E-state index in [4.69, 9.17) is 23.4 Å². The van der Waals surface area contributed by atoms with Gasteiger partial charge in [0.15, 0.2) is 0 Å². The average Bonchev–Trinajstić information content (AvgIpc) is 2.93. The van der Waals surface area contributed by atoms with Gasteiger partial charge in [-0.05, 0) is 60.5 Å². The van der Waals surface area contributed by atoms with Crippen LogP contribution >= 0.6 is 0 Å². The standard InChI is InChI=1S/C28H25NO7/c1-32-20-7-3-18(4-8-20)13-14-29-15-23-24(35-17-29)12-11-22-26(30)25(16-34-27(22)23)36-21-9-5-19(6-10-21)28(31)33-2/h3-12,16H,13-15,17H2,1-2H3. The van der Waals surface area contributed by atoms with Gasteiger partial charge in [-0.25, -0.2) is 4.79 Å². The summed E-state index contributed by atoms with van der Waals surface area (Å²) in [5, 5.41) is 0.415. The van der Waals surface area contributed by atoms with E-state index < -0.39 is 5.97 Å². The van der Waals surface area contributed by atoms with Gasteiger partial charge >= 0.3 is 5.97 Å². The number of ether oxygens (including phenoxy) is 4. The van der Waals surface area contributed by atoms with Crippen molar-refractivity contribution in [2.24, 2.45) is 0 Å². The molecule has 2 heterocycles. The monoisotopic (exact) mass is 487 g/mol. The number of fused-ring (bicyclic) bond motifs is 3. The Balaban J connectivity index is 1.33. The number of nitrogens with zero attached hydrogens (tertiary/aromatic N) is 1. The van der Waals surface area contributed by atoms with Gasteiger partial charge in [0, 0.05) is 13.1 Å². The first-order valence-electron chi connectivity index (χ1n) is 11.5. The summed E-state index contributed by atoms with van der Waals surface area (Å²) in [7, 11) is 2.97. The lowest BCUT2D eigenvalue weighted by Crippen LogP contribution is -2.33. The number of hydrogen-bond acceptors (Lipinski definition) is 8. The van der Waals surface area contributed by atoms with Crippen LogP contribution in [0.3, 0.4) is 0 Å². The highest BCUT2D eigenvalue weighted by Crippen LogP contribution is 2.33. The molecule has 5 rings (SSSR count). The minimum atomic E-state index is -0.447. The third-order valence-corrected chi connectivity index (χ3v) is 6.13. The molecule has 0 unspecified atom stereocenters. The molecule has 8 heteroatoms. The summed E-state index contributed by atoms with van der Waals surface area (Å²) in [6.07, 6.45) is 2.17. The summed E-state index contributed by atoms with van der Waals surface area (Å²) in [4.78, 5) is 26.9. The molecule has 1 aromatic heterocycles. The van der Waals surface area contributed by atoms with Crippen molar-refractivity contribution in [2.45, 2.75) is 13.0 Å². The van der Waals surface area contributed by atoms with Gasteiger partial charge in [-0.1, -0.05) is 12.1 Å². The zero-order valence-corrected chi connectivity index (χ0v) is 20.0. The first kappa shape index (κ1) is 23.4. The molecule has 184 valence electrons. The number of benzene rings is 3. The van der Waals surface area contributed by atoms with Crippen molar-refractivity contribution < 1.29 is 28.2 Å². The molecule has 0 fully saturated rings. The maximum Gasteiger partial charge on any atom is 0.337 e. The van der Waals surface area contributed by atoms with Gasteiger partial charge in [-0.15, -0.1) is 0 Å². The summed E-state index contributed by atoms with van der Waals surface area (Å²) in [5.41, 5.74) is 2.62. The quantitative estimate of drug-likeness (QED) is 0.345. The number of methoxy groups -OCH3 is 2. The van der Waals surface area contributed by atoms with Crippen LogP contribution in [-0.2, 0) is 17.7 Å². The molecule has 36 heavy (non-hydrogen) atoms. The fourth-order valence-corrected chi connectivity index (χ4v) is 4.13. The van der Waals surface area contributed by atoms with E-state index in [-0.39, 0.29) is 11.2 Å². The first-order valence-corrected chi connectivity index (χ1v) is 11.5. The molecule has 0 spiro atoms. The Morgan fingerprint density at radius 2 is 1.72 bits per heavy atom. The molecule has 8 nitrogen and oxygen atoms in total. The van der Waals surface area contributed by atoms with Gasteiger partial charge in [0.25, 0.3) is 0 Å². The Morgan fingerprint density at radius 1 is 0.972 bits per heavy atom. The molecule has 0 bridgehead atoms. The molecule has 0 radical (unpaired) electrons. The van der Waals surface area contributed by atoms with Gasteiger partial charge in [-0.2, -0.15) is 0 Å². The summed E-state index contributed by atoms with van der Waals surface area (Å²) in [6, 6.07) is 17.8. The Hall–Kier alpha value is -4.30. The van der Waals surface area contributed by atoms with Crippen molar-refractivity contribution in [1.29, 1.82) is 0 Å². The third-order valence-electron chi connectivity index (χ3n) is 6.13. The van der Waals surface area contributed by atoms with E-state index in [0.29, 0.717) is 41.3 Å². The van der Waals surface area contributed by atoms with Gasteiger partial charge in [0.05, 0.1) is 30.7 Å². The van der Waals surface area contributed by atoms with Crippen molar-refractivity contribution in [3.63, 3.8) is 0 Å². The minimum Gasteiger partial charge on any atom is -0.497 e. The highest BCUT2D eigenvalue weighted by atomic mass is 16.5. The largest absolute Gasteiger partial charge is 0.497 e. The van der Waals surface area contributed by atoms with Gasteiger partial charge in [0.1, 0.15) is 35.8 Å². The lowest BCUT2D eigenvalue weighted by Gasteiger charge is -2.29. The SMILES string of the molecule is COC(=O)c1ccc(Oc2coc3c4c(ccc3c2=O)OCN(CCc2ccc(OC)cc2)C4)cc1. The van der Waals surface area contributed by atoms with E-state index in [2.05, 4.69) is 17.0 Å². The second-order valence-electron chi connectivity index (χ2n) is 8.39. The van der Waals surface area contributed by atoms with Gasteiger partial charge < -0.3 is 23.4 Å². The number of hydrogen-bond donors (Lipinski definition) is 0. The number of carbonyl (C=O) groups is 1. The zero-order valence-electron chi connectivity index (χ0n) is 20.0. The van der Waals surface area contributed by atoms with Crippen molar-refractivity contribution in [1.82, 2.24) is 4.90 Å². The van der Waals surface area contributed by atoms with Crippen molar-refractivity contribution in [3.8, 4) is 23.0 Å². The molecular weight excluding hydrogens is 462 g/mol. The lowest BCUT2D eigenvalue weighted by molar-refractivity contribution is 0.0600. The van der Waals surface area contributed by atoms with Crippen LogP contribution in [0.4, 0.5) is 0 Å². The molecule has 0 aliphatic carbocycles. The predicted molar refractivity (Wildman–Crippen MR) is 133 cm³/mol. The molecular formula is C28H25NO7. The molecule has 1 aliphatic rings. The molecule has 1 aliphatic heterocycles. The fourth-order valence-electron chi connectivity index (χ4n) is 4.13. The Kier molecular flexibility index (Phi) is 6.60. The summed E-state index contributed by atoms with van der Waals surface area (Å²) < 4.78 is 27.5. The molecule has 0 atom stereocenters. The van der Waals surface area contributed by atoms with Crippen LogP contribution < -0.4 is 19.6 Å². The highest BCUT2D eigenvalue weighted by Gasteiger charge is 2.23. The summed E-state index contributed by atoms with van der Waals surface area (Å²) >= 11 is 0. The second kappa shape index (κ2) is 10.1. The Bertz CT molecular complexity index is 1440. The predicted octanol–water partition coefficient (Wildman–Crippen LogP) is 4.78. The first-order chi connectivity index (χ1) is 17.6. The maximum absolute atomic E-state index is 13.2. The Morgan fingerprint density at radius 3 is 2.44 bits per heavy atom. The van der Waals surface area contributed by atoms with E-state index in [0.717, 1.165) is 24.3 Å². The van der Waals surface area contributed by atoms with Crippen molar-refractivity contribution >= 4 is 16.9 Å². The molecule has 4 aromatic rings. The smallest absolute Gasteiger partial charge is 0.337 e. The molecule has 0 N–H and O–H groups in total. The van der Waals surface area contributed by atoms with E-state index >= 15 is 0 Å². The van der Waals surface area contributed by atoms with E-state index in [1.807, 2.05) is 12.1 Å². The Labute approximate surface area is 207 Å². The number of esters is 1. The van der Waals surface area contributed by atoms with Crippen LogP contribution in [0.2, 0.25) is 0 Å². The lowest BCUT2D eigenvalue weighted by atomic mass is 10.1.